The number of carboxylic acids is 1. The molecule has 0 bridgehead atoms. The highest BCUT2D eigenvalue weighted by Gasteiger charge is 2.31. The summed E-state index contributed by atoms with van der Waals surface area (Å²) in [6, 6.07) is 4.03. The average molecular weight is 279 g/mol. The third-order valence-electron chi connectivity index (χ3n) is 2.40. The van der Waals surface area contributed by atoms with Crippen LogP contribution in [0.25, 0.3) is 0 Å². The van der Waals surface area contributed by atoms with Crippen molar-refractivity contribution in [3.8, 4) is 0 Å². The Labute approximate surface area is 107 Å². The molecule has 0 radical (unpaired) electrons. The van der Waals surface area contributed by atoms with E-state index in [9.17, 15) is 22.4 Å². The molecule has 0 unspecified atom stereocenters. The van der Waals surface area contributed by atoms with Gasteiger partial charge in [-0.2, -0.15) is 13.2 Å². The number of hydrogen-bond acceptors (Lipinski definition) is 2. The molecule has 0 aliphatic carbocycles. The van der Waals surface area contributed by atoms with Crippen molar-refractivity contribution >= 4 is 5.97 Å². The molecule has 7 heteroatoms. The number of carboxylic acid groups (broad SMARTS) is 1. The Kier molecular flexibility index (Phi) is 4.88. The molecule has 0 aromatic heterocycles. The van der Waals surface area contributed by atoms with E-state index in [4.69, 9.17) is 5.11 Å². The topological polar surface area (TPSA) is 40.5 Å². The first-order valence-corrected chi connectivity index (χ1v) is 5.43. The van der Waals surface area contributed by atoms with Crippen molar-refractivity contribution < 1.29 is 27.5 Å². The highest BCUT2D eigenvalue weighted by Crippen LogP contribution is 2.18. The molecule has 0 amide bonds. The lowest BCUT2D eigenvalue weighted by atomic mass is 10.1. The lowest BCUT2D eigenvalue weighted by molar-refractivity contribution is -0.154. The molecule has 0 saturated carbocycles. The van der Waals surface area contributed by atoms with E-state index in [1.807, 2.05) is 0 Å². The van der Waals surface area contributed by atoms with Gasteiger partial charge in [0.15, 0.2) is 0 Å². The second kappa shape index (κ2) is 6.01. The van der Waals surface area contributed by atoms with Gasteiger partial charge in [-0.05, 0) is 24.1 Å². The third kappa shape index (κ3) is 5.69. The number of alkyl halides is 3. The molecule has 0 heterocycles. The van der Waals surface area contributed by atoms with Crippen molar-refractivity contribution in [1.82, 2.24) is 4.90 Å². The van der Waals surface area contributed by atoms with Gasteiger partial charge in [-0.15, -0.1) is 0 Å². The lowest BCUT2D eigenvalue weighted by Crippen LogP contribution is -2.37. The van der Waals surface area contributed by atoms with E-state index in [1.165, 1.54) is 19.1 Å². The van der Waals surface area contributed by atoms with Gasteiger partial charge in [-0.3, -0.25) is 9.69 Å². The van der Waals surface area contributed by atoms with E-state index < -0.39 is 31.1 Å². The normalized spacial score (nSPS) is 11.9. The predicted octanol–water partition coefficient (Wildman–Crippen LogP) is 2.58. The van der Waals surface area contributed by atoms with Crippen molar-refractivity contribution in [2.45, 2.75) is 19.6 Å². The quantitative estimate of drug-likeness (QED) is 0.842. The lowest BCUT2D eigenvalue weighted by Gasteiger charge is -2.21. The maximum Gasteiger partial charge on any atom is 0.401 e. The van der Waals surface area contributed by atoms with Gasteiger partial charge >= 0.3 is 12.1 Å². The van der Waals surface area contributed by atoms with E-state index in [-0.39, 0.29) is 6.54 Å². The summed E-state index contributed by atoms with van der Waals surface area (Å²) in [4.78, 5) is 11.2. The number of nitrogens with zero attached hydrogens (tertiary/aromatic N) is 1. The fraction of sp³-hybridized carbons (Fsp3) is 0.417. The Bertz CT molecular complexity index is 460. The summed E-state index contributed by atoms with van der Waals surface area (Å²) in [5.74, 6) is -1.89. The fourth-order valence-corrected chi connectivity index (χ4v) is 1.61. The number of rotatable bonds is 5. The van der Waals surface area contributed by atoms with Crippen molar-refractivity contribution in [2.24, 2.45) is 0 Å². The first-order chi connectivity index (χ1) is 8.67. The second-order valence-electron chi connectivity index (χ2n) is 4.24. The summed E-state index contributed by atoms with van der Waals surface area (Å²) in [5.41, 5.74) is 0.679. The van der Waals surface area contributed by atoms with Crippen LogP contribution in [0.2, 0.25) is 0 Å². The minimum Gasteiger partial charge on any atom is -0.480 e. The highest BCUT2D eigenvalue weighted by molar-refractivity contribution is 5.69. The van der Waals surface area contributed by atoms with Crippen LogP contribution in [0, 0.1) is 12.7 Å². The van der Waals surface area contributed by atoms with E-state index in [0.29, 0.717) is 16.0 Å². The van der Waals surface area contributed by atoms with Crippen molar-refractivity contribution in [3.63, 3.8) is 0 Å². The first-order valence-electron chi connectivity index (χ1n) is 5.43. The molecule has 1 aromatic rings. The van der Waals surface area contributed by atoms with Crippen molar-refractivity contribution in [2.75, 3.05) is 13.1 Å². The van der Waals surface area contributed by atoms with Crippen LogP contribution in [0.15, 0.2) is 18.2 Å². The van der Waals surface area contributed by atoms with Gasteiger partial charge in [-0.1, -0.05) is 12.1 Å². The molecular formula is C12H13F4NO2. The fourth-order valence-electron chi connectivity index (χ4n) is 1.61. The molecule has 19 heavy (non-hydrogen) atoms. The maximum atomic E-state index is 13.3. The van der Waals surface area contributed by atoms with E-state index in [0.717, 1.165) is 6.07 Å². The molecule has 0 aliphatic rings. The second-order valence-corrected chi connectivity index (χ2v) is 4.24. The number of aliphatic carboxylic acids is 1. The van der Waals surface area contributed by atoms with Crippen molar-refractivity contribution in [1.29, 1.82) is 0 Å². The number of aryl methyl sites for hydroxylation is 1. The minimum atomic E-state index is -4.50. The van der Waals surface area contributed by atoms with E-state index in [1.54, 1.807) is 0 Å². The van der Waals surface area contributed by atoms with Gasteiger partial charge in [0.1, 0.15) is 5.82 Å². The highest BCUT2D eigenvalue weighted by atomic mass is 19.4. The SMILES string of the molecule is Cc1ccc(CN(CC(=O)O)CC(F)(F)F)cc1F. The summed E-state index contributed by atoms with van der Waals surface area (Å²) in [5, 5.41) is 8.57. The molecule has 1 rings (SSSR count). The average Bonchev–Trinajstić information content (AvgIpc) is 2.20. The smallest absolute Gasteiger partial charge is 0.401 e. The van der Waals surface area contributed by atoms with E-state index >= 15 is 0 Å². The van der Waals surface area contributed by atoms with Crippen LogP contribution < -0.4 is 0 Å². The Morgan fingerprint density at radius 2 is 2.00 bits per heavy atom. The number of hydrogen-bond donors (Lipinski definition) is 1. The van der Waals surface area contributed by atoms with Crippen molar-refractivity contribution in [3.05, 3.63) is 35.1 Å². The van der Waals surface area contributed by atoms with Gasteiger partial charge in [0.2, 0.25) is 0 Å². The van der Waals surface area contributed by atoms with Crippen LogP contribution in [0.4, 0.5) is 17.6 Å². The largest absolute Gasteiger partial charge is 0.480 e. The molecular weight excluding hydrogens is 266 g/mol. The Balaban J connectivity index is 2.81. The Hall–Kier alpha value is -1.63. The molecule has 1 N–H and O–H groups in total. The molecule has 0 atom stereocenters. The first kappa shape index (κ1) is 15.4. The standard InChI is InChI=1S/C12H13F4NO2/c1-8-2-3-9(4-10(8)13)5-17(6-11(18)19)7-12(14,15)16/h2-4H,5-7H2,1H3,(H,18,19). The summed E-state index contributed by atoms with van der Waals surface area (Å²) >= 11 is 0. The molecule has 1 aromatic carbocycles. The number of halogens is 4. The molecule has 0 fully saturated rings. The molecule has 0 aliphatic heterocycles. The molecule has 106 valence electrons. The van der Waals surface area contributed by atoms with E-state index in [2.05, 4.69) is 0 Å². The molecule has 3 nitrogen and oxygen atoms in total. The summed E-state index contributed by atoms with van der Waals surface area (Å²) in [7, 11) is 0. The Morgan fingerprint density at radius 3 is 2.47 bits per heavy atom. The molecule has 0 saturated heterocycles. The van der Waals surface area contributed by atoms with Crippen LogP contribution in [-0.2, 0) is 11.3 Å². The van der Waals surface area contributed by atoms with Gasteiger partial charge in [0.05, 0.1) is 13.1 Å². The van der Waals surface area contributed by atoms with Gasteiger partial charge in [-0.25, -0.2) is 4.39 Å². The zero-order valence-electron chi connectivity index (χ0n) is 10.2. The van der Waals surface area contributed by atoms with Crippen LogP contribution in [0.5, 0.6) is 0 Å². The third-order valence-corrected chi connectivity index (χ3v) is 2.40. The monoisotopic (exact) mass is 279 g/mol. The minimum absolute atomic E-state index is 0.275. The van der Waals surface area contributed by atoms with Gasteiger partial charge < -0.3 is 5.11 Å². The summed E-state index contributed by atoms with van der Waals surface area (Å²) in [6.45, 7) is -0.851. The Morgan fingerprint density at radius 1 is 1.37 bits per heavy atom. The summed E-state index contributed by atoms with van der Waals surface area (Å²) < 4.78 is 50.2. The van der Waals surface area contributed by atoms with Gasteiger partial charge in [0, 0.05) is 6.54 Å². The predicted molar refractivity (Wildman–Crippen MR) is 60.1 cm³/mol. The maximum absolute atomic E-state index is 13.3. The zero-order valence-corrected chi connectivity index (χ0v) is 10.2. The van der Waals surface area contributed by atoms with Crippen LogP contribution >= 0.6 is 0 Å². The van der Waals surface area contributed by atoms with Gasteiger partial charge in [0.25, 0.3) is 0 Å². The summed E-state index contributed by atoms with van der Waals surface area (Å²) in [6.07, 6.45) is -4.50. The zero-order chi connectivity index (χ0) is 14.6. The van der Waals surface area contributed by atoms with Crippen LogP contribution in [0.3, 0.4) is 0 Å². The number of carbonyl (C=O) groups is 1. The van der Waals surface area contributed by atoms with Crippen LogP contribution in [0.1, 0.15) is 11.1 Å². The molecule has 0 spiro atoms. The van der Waals surface area contributed by atoms with Crippen LogP contribution in [-0.4, -0.2) is 35.2 Å². The number of benzene rings is 1.